The summed E-state index contributed by atoms with van der Waals surface area (Å²) in [5, 5.41) is 13.1. The SMILES string of the molecule is CNCCCc1nnc(-c2ccc(Cl)c(F)c2)s1. The van der Waals surface area contributed by atoms with E-state index >= 15 is 0 Å². The van der Waals surface area contributed by atoms with Gasteiger partial charge in [-0.05, 0) is 32.1 Å². The van der Waals surface area contributed by atoms with E-state index in [0.29, 0.717) is 5.56 Å². The molecular weight excluding hydrogens is 273 g/mol. The molecule has 96 valence electrons. The van der Waals surface area contributed by atoms with Crippen molar-refractivity contribution in [3.8, 4) is 10.6 Å². The van der Waals surface area contributed by atoms with Gasteiger partial charge in [-0.3, -0.25) is 0 Å². The number of halogens is 2. The number of benzene rings is 1. The zero-order chi connectivity index (χ0) is 13.0. The lowest BCUT2D eigenvalue weighted by Gasteiger charge is -1.97. The molecule has 0 atom stereocenters. The van der Waals surface area contributed by atoms with Crippen molar-refractivity contribution in [2.75, 3.05) is 13.6 Å². The Morgan fingerprint density at radius 2 is 2.22 bits per heavy atom. The molecule has 0 spiro atoms. The van der Waals surface area contributed by atoms with Crippen LogP contribution in [-0.2, 0) is 6.42 Å². The predicted molar refractivity (Wildman–Crippen MR) is 72.6 cm³/mol. The van der Waals surface area contributed by atoms with Crippen LogP contribution in [0.25, 0.3) is 10.6 Å². The molecule has 0 aliphatic rings. The number of rotatable bonds is 5. The Bertz CT molecular complexity index is 530. The molecule has 0 unspecified atom stereocenters. The molecule has 3 nitrogen and oxygen atoms in total. The number of aryl methyl sites for hydroxylation is 1. The van der Waals surface area contributed by atoms with Gasteiger partial charge >= 0.3 is 0 Å². The summed E-state index contributed by atoms with van der Waals surface area (Å²) in [6, 6.07) is 4.68. The summed E-state index contributed by atoms with van der Waals surface area (Å²) in [5.41, 5.74) is 0.717. The molecule has 0 aliphatic carbocycles. The van der Waals surface area contributed by atoms with E-state index in [-0.39, 0.29) is 5.02 Å². The highest BCUT2D eigenvalue weighted by atomic mass is 35.5. The van der Waals surface area contributed by atoms with Crippen LogP contribution in [0.5, 0.6) is 0 Å². The first kappa shape index (κ1) is 13.4. The van der Waals surface area contributed by atoms with Crippen molar-refractivity contribution < 1.29 is 4.39 Å². The van der Waals surface area contributed by atoms with Gasteiger partial charge in [0.2, 0.25) is 0 Å². The highest BCUT2D eigenvalue weighted by Crippen LogP contribution is 2.27. The molecule has 1 aromatic heterocycles. The van der Waals surface area contributed by atoms with Crippen molar-refractivity contribution >= 4 is 22.9 Å². The summed E-state index contributed by atoms with van der Waals surface area (Å²) >= 11 is 7.13. The van der Waals surface area contributed by atoms with Crippen LogP contribution < -0.4 is 5.32 Å². The summed E-state index contributed by atoms with van der Waals surface area (Å²) in [6.45, 7) is 0.949. The second-order valence-electron chi connectivity index (χ2n) is 3.84. The summed E-state index contributed by atoms with van der Waals surface area (Å²) in [7, 11) is 1.92. The van der Waals surface area contributed by atoms with Crippen LogP contribution in [0.15, 0.2) is 18.2 Å². The van der Waals surface area contributed by atoms with Gasteiger partial charge in [-0.1, -0.05) is 29.0 Å². The van der Waals surface area contributed by atoms with E-state index in [4.69, 9.17) is 11.6 Å². The van der Waals surface area contributed by atoms with E-state index in [1.807, 2.05) is 7.05 Å². The number of hydrogen-bond acceptors (Lipinski definition) is 4. The molecule has 1 heterocycles. The van der Waals surface area contributed by atoms with E-state index < -0.39 is 5.82 Å². The van der Waals surface area contributed by atoms with Gasteiger partial charge < -0.3 is 5.32 Å². The lowest BCUT2D eigenvalue weighted by Crippen LogP contribution is -2.08. The molecule has 2 rings (SSSR count). The maximum Gasteiger partial charge on any atom is 0.147 e. The number of hydrogen-bond donors (Lipinski definition) is 1. The Morgan fingerprint density at radius 3 is 2.94 bits per heavy atom. The van der Waals surface area contributed by atoms with Gasteiger partial charge in [0.1, 0.15) is 15.8 Å². The third kappa shape index (κ3) is 3.25. The van der Waals surface area contributed by atoms with Gasteiger partial charge in [0.25, 0.3) is 0 Å². The third-order valence-electron chi connectivity index (χ3n) is 2.45. The van der Waals surface area contributed by atoms with Gasteiger partial charge in [0, 0.05) is 12.0 Å². The van der Waals surface area contributed by atoms with Crippen LogP contribution in [0.3, 0.4) is 0 Å². The molecular formula is C12H13ClFN3S. The Kier molecular flexibility index (Phi) is 4.63. The number of nitrogens with one attached hydrogen (secondary N) is 1. The minimum Gasteiger partial charge on any atom is -0.320 e. The monoisotopic (exact) mass is 285 g/mol. The average molecular weight is 286 g/mol. The standard InChI is InChI=1S/C12H13ClFN3S/c1-15-6-2-3-11-16-17-12(18-11)8-4-5-9(13)10(14)7-8/h4-5,7,15H,2-3,6H2,1H3. The second-order valence-corrected chi connectivity index (χ2v) is 5.31. The molecule has 6 heteroatoms. The van der Waals surface area contributed by atoms with Gasteiger partial charge in [-0.15, -0.1) is 10.2 Å². The van der Waals surface area contributed by atoms with Crippen LogP contribution >= 0.6 is 22.9 Å². The lowest BCUT2D eigenvalue weighted by molar-refractivity contribution is 0.629. The fourth-order valence-corrected chi connectivity index (χ4v) is 2.51. The van der Waals surface area contributed by atoms with Gasteiger partial charge in [-0.25, -0.2) is 4.39 Å². The van der Waals surface area contributed by atoms with E-state index in [1.54, 1.807) is 6.07 Å². The highest BCUT2D eigenvalue weighted by molar-refractivity contribution is 7.14. The van der Waals surface area contributed by atoms with E-state index in [0.717, 1.165) is 29.4 Å². The third-order valence-corrected chi connectivity index (χ3v) is 3.79. The largest absolute Gasteiger partial charge is 0.320 e. The molecule has 18 heavy (non-hydrogen) atoms. The van der Waals surface area contributed by atoms with Crippen molar-refractivity contribution in [1.82, 2.24) is 15.5 Å². The Balaban J connectivity index is 2.11. The molecule has 1 aromatic carbocycles. The van der Waals surface area contributed by atoms with E-state index in [1.165, 1.54) is 23.5 Å². The smallest absolute Gasteiger partial charge is 0.147 e. The number of aromatic nitrogens is 2. The summed E-state index contributed by atoms with van der Waals surface area (Å²) in [6.07, 6.45) is 1.90. The fraction of sp³-hybridized carbons (Fsp3) is 0.333. The molecule has 0 aliphatic heterocycles. The molecule has 0 saturated heterocycles. The van der Waals surface area contributed by atoms with E-state index in [2.05, 4.69) is 15.5 Å². The quantitative estimate of drug-likeness (QED) is 0.858. The number of nitrogens with zero attached hydrogens (tertiary/aromatic N) is 2. The molecule has 0 bridgehead atoms. The molecule has 0 saturated carbocycles. The molecule has 2 aromatic rings. The van der Waals surface area contributed by atoms with Crippen LogP contribution in [0.4, 0.5) is 4.39 Å². The molecule has 0 fully saturated rings. The Morgan fingerprint density at radius 1 is 1.39 bits per heavy atom. The minimum atomic E-state index is -0.430. The van der Waals surface area contributed by atoms with Crippen molar-refractivity contribution in [1.29, 1.82) is 0 Å². The molecule has 0 amide bonds. The Hall–Kier alpha value is -1.04. The van der Waals surface area contributed by atoms with Crippen LogP contribution in [0, 0.1) is 5.82 Å². The minimum absolute atomic E-state index is 0.123. The van der Waals surface area contributed by atoms with Gasteiger partial charge in [0.15, 0.2) is 0 Å². The zero-order valence-electron chi connectivity index (χ0n) is 9.91. The fourth-order valence-electron chi connectivity index (χ4n) is 1.52. The molecule has 0 radical (unpaired) electrons. The van der Waals surface area contributed by atoms with Gasteiger partial charge in [0.05, 0.1) is 5.02 Å². The zero-order valence-corrected chi connectivity index (χ0v) is 11.5. The second kappa shape index (κ2) is 6.22. The maximum absolute atomic E-state index is 13.3. The summed E-state index contributed by atoms with van der Waals surface area (Å²) in [5.74, 6) is -0.430. The van der Waals surface area contributed by atoms with Crippen LogP contribution in [0.2, 0.25) is 5.02 Å². The highest BCUT2D eigenvalue weighted by Gasteiger charge is 2.08. The topological polar surface area (TPSA) is 37.8 Å². The van der Waals surface area contributed by atoms with Crippen molar-refractivity contribution in [3.05, 3.63) is 34.0 Å². The normalized spacial score (nSPS) is 10.8. The molecule has 1 N–H and O–H groups in total. The maximum atomic E-state index is 13.3. The Labute approximate surface area is 114 Å². The van der Waals surface area contributed by atoms with Crippen LogP contribution in [0.1, 0.15) is 11.4 Å². The first-order valence-electron chi connectivity index (χ1n) is 5.63. The lowest BCUT2D eigenvalue weighted by atomic mass is 10.2. The first-order chi connectivity index (χ1) is 8.70. The summed E-state index contributed by atoms with van der Waals surface area (Å²) in [4.78, 5) is 0. The van der Waals surface area contributed by atoms with Crippen molar-refractivity contribution in [2.45, 2.75) is 12.8 Å². The predicted octanol–water partition coefficient (Wildman–Crippen LogP) is 3.15. The first-order valence-corrected chi connectivity index (χ1v) is 6.82. The van der Waals surface area contributed by atoms with Crippen molar-refractivity contribution in [3.63, 3.8) is 0 Å². The van der Waals surface area contributed by atoms with Gasteiger partial charge in [-0.2, -0.15) is 0 Å². The average Bonchev–Trinajstić information content (AvgIpc) is 2.82. The van der Waals surface area contributed by atoms with Crippen molar-refractivity contribution in [2.24, 2.45) is 0 Å². The van der Waals surface area contributed by atoms with E-state index in [9.17, 15) is 4.39 Å². The summed E-state index contributed by atoms with van der Waals surface area (Å²) < 4.78 is 13.3. The van der Waals surface area contributed by atoms with Crippen LogP contribution in [-0.4, -0.2) is 23.8 Å².